The van der Waals surface area contributed by atoms with Gasteiger partial charge in [-0.1, -0.05) is 44.9 Å². The third-order valence-corrected chi connectivity index (χ3v) is 4.89. The zero-order valence-corrected chi connectivity index (χ0v) is 16.9. The first-order valence-corrected chi connectivity index (χ1v) is 10.0. The molecule has 1 fully saturated rings. The smallest absolute Gasteiger partial charge is 0.419 e. The second kappa shape index (κ2) is 9.51. The molecule has 0 saturated heterocycles. The van der Waals surface area contributed by atoms with E-state index in [4.69, 9.17) is 14.2 Å². The Bertz CT molecular complexity index is 843. The Labute approximate surface area is 173 Å². The monoisotopic (exact) mass is 422 g/mol. The molecule has 7 heteroatoms. The maximum Gasteiger partial charge on any atom is 0.419 e. The van der Waals surface area contributed by atoms with Crippen LogP contribution in [0.5, 0.6) is 11.5 Å². The van der Waals surface area contributed by atoms with Crippen molar-refractivity contribution in [3.8, 4) is 11.5 Å². The number of hydrogen-bond donors (Lipinski definition) is 0. The molecule has 162 valence electrons. The first-order valence-electron chi connectivity index (χ1n) is 10.0. The van der Waals surface area contributed by atoms with Crippen LogP contribution >= 0.6 is 0 Å². The van der Waals surface area contributed by atoms with E-state index in [1.165, 1.54) is 0 Å². The van der Waals surface area contributed by atoms with Crippen molar-refractivity contribution in [2.75, 3.05) is 0 Å². The predicted octanol–water partition coefficient (Wildman–Crippen LogP) is 6.24. The highest BCUT2D eigenvalue weighted by Gasteiger charge is 2.36. The molecule has 1 unspecified atom stereocenters. The van der Waals surface area contributed by atoms with Crippen molar-refractivity contribution in [1.29, 1.82) is 0 Å². The molecule has 2 aromatic carbocycles. The summed E-state index contributed by atoms with van der Waals surface area (Å²) in [6, 6.07) is 11.3. The summed E-state index contributed by atoms with van der Waals surface area (Å²) in [5, 5.41) is 0. The van der Waals surface area contributed by atoms with Gasteiger partial charge in [0.05, 0.1) is 17.2 Å². The van der Waals surface area contributed by atoms with E-state index in [1.54, 1.807) is 30.3 Å². The van der Waals surface area contributed by atoms with Gasteiger partial charge in [0.25, 0.3) is 0 Å². The Morgan fingerprint density at radius 3 is 2.30 bits per heavy atom. The van der Waals surface area contributed by atoms with Crippen LogP contribution in [-0.4, -0.2) is 18.4 Å². The van der Waals surface area contributed by atoms with E-state index < -0.39 is 29.7 Å². The number of carbonyl (C=O) groups excluding carboxylic acids is 1. The number of hydrogen-bond acceptors (Lipinski definition) is 4. The molecule has 0 bridgehead atoms. The van der Waals surface area contributed by atoms with Crippen molar-refractivity contribution < 1.29 is 32.2 Å². The maximum atomic E-state index is 13.5. The first-order chi connectivity index (χ1) is 14.2. The number of halogens is 3. The summed E-state index contributed by atoms with van der Waals surface area (Å²) >= 11 is 0. The minimum Gasteiger partial charge on any atom is -0.464 e. The van der Waals surface area contributed by atoms with Crippen molar-refractivity contribution in [1.82, 2.24) is 0 Å². The number of carbonyl (C=O) groups is 1. The van der Waals surface area contributed by atoms with Crippen LogP contribution in [-0.2, 0) is 10.9 Å². The Morgan fingerprint density at radius 1 is 1.03 bits per heavy atom. The van der Waals surface area contributed by atoms with Crippen molar-refractivity contribution in [3.63, 3.8) is 0 Å². The maximum absolute atomic E-state index is 13.5. The molecular weight excluding hydrogens is 397 g/mol. The molecule has 0 aliphatic heterocycles. The zero-order chi connectivity index (χ0) is 21.7. The molecule has 1 atom stereocenters. The molecule has 1 aliphatic carbocycles. The highest BCUT2D eigenvalue weighted by Crippen LogP contribution is 2.38. The molecule has 2 aromatic rings. The van der Waals surface area contributed by atoms with E-state index in [9.17, 15) is 18.0 Å². The van der Waals surface area contributed by atoms with Crippen LogP contribution in [0, 0.1) is 5.92 Å². The van der Waals surface area contributed by atoms with E-state index in [0.717, 1.165) is 43.9 Å². The van der Waals surface area contributed by atoms with Gasteiger partial charge in [-0.3, -0.25) is 0 Å². The van der Waals surface area contributed by atoms with E-state index in [2.05, 4.69) is 0 Å². The summed E-state index contributed by atoms with van der Waals surface area (Å²) in [6.07, 6.45) is -1.72. The Hall–Kier alpha value is -2.54. The van der Waals surface area contributed by atoms with Crippen LogP contribution in [0.15, 0.2) is 48.5 Å². The summed E-state index contributed by atoms with van der Waals surface area (Å²) < 4.78 is 57.5. The van der Waals surface area contributed by atoms with Gasteiger partial charge in [-0.2, -0.15) is 13.2 Å². The van der Waals surface area contributed by atoms with Crippen molar-refractivity contribution >= 4 is 5.97 Å². The van der Waals surface area contributed by atoms with Gasteiger partial charge in [0, 0.05) is 5.92 Å². The highest BCUT2D eigenvalue weighted by atomic mass is 19.4. The van der Waals surface area contributed by atoms with Crippen LogP contribution < -0.4 is 9.47 Å². The standard InChI is InChI=1S/C23H25F3O4/c1-15(2)22(29-18-10-6-7-11-18)30-20-14-16(12-13-19(20)23(24,25)26)21(27)28-17-8-4-3-5-9-17/h3-5,8-9,12-15,18,22H,6-7,10-11H2,1-2H3. The average Bonchev–Trinajstić information content (AvgIpc) is 3.20. The molecule has 0 N–H and O–H groups in total. The quantitative estimate of drug-likeness (QED) is 0.301. The molecule has 1 saturated carbocycles. The Morgan fingerprint density at radius 2 is 1.70 bits per heavy atom. The highest BCUT2D eigenvalue weighted by molar-refractivity contribution is 5.91. The minimum atomic E-state index is -4.63. The van der Waals surface area contributed by atoms with Gasteiger partial charge in [-0.05, 0) is 43.2 Å². The lowest BCUT2D eigenvalue weighted by Gasteiger charge is -2.27. The summed E-state index contributed by atoms with van der Waals surface area (Å²) in [6.45, 7) is 3.64. The van der Waals surface area contributed by atoms with Gasteiger partial charge in [0.2, 0.25) is 6.29 Å². The van der Waals surface area contributed by atoms with Crippen molar-refractivity contribution in [2.45, 2.75) is 58.1 Å². The lowest BCUT2D eigenvalue weighted by Crippen LogP contribution is -2.31. The lowest BCUT2D eigenvalue weighted by molar-refractivity contribution is -0.155. The number of ether oxygens (including phenoxy) is 3. The van der Waals surface area contributed by atoms with Crippen LogP contribution in [0.4, 0.5) is 13.2 Å². The van der Waals surface area contributed by atoms with Gasteiger partial charge in [-0.25, -0.2) is 4.79 Å². The van der Waals surface area contributed by atoms with Crippen LogP contribution in [0.25, 0.3) is 0 Å². The third-order valence-electron chi connectivity index (χ3n) is 4.89. The van der Waals surface area contributed by atoms with E-state index in [0.29, 0.717) is 5.75 Å². The number of benzene rings is 2. The number of rotatable bonds is 7. The molecule has 4 nitrogen and oxygen atoms in total. The van der Waals surface area contributed by atoms with Crippen LogP contribution in [0.2, 0.25) is 0 Å². The van der Waals surface area contributed by atoms with Gasteiger partial charge < -0.3 is 14.2 Å². The number of alkyl halides is 3. The molecule has 3 rings (SSSR count). The molecule has 0 heterocycles. The van der Waals surface area contributed by atoms with E-state index in [1.807, 2.05) is 13.8 Å². The second-order valence-corrected chi connectivity index (χ2v) is 7.68. The lowest BCUT2D eigenvalue weighted by atomic mass is 10.1. The molecule has 30 heavy (non-hydrogen) atoms. The summed E-state index contributed by atoms with van der Waals surface area (Å²) in [5.41, 5.74) is -0.996. The van der Waals surface area contributed by atoms with Crippen LogP contribution in [0.1, 0.15) is 55.5 Å². The normalized spacial score (nSPS) is 15.9. The van der Waals surface area contributed by atoms with Gasteiger partial charge >= 0.3 is 12.1 Å². The van der Waals surface area contributed by atoms with Gasteiger partial charge in [-0.15, -0.1) is 0 Å². The Balaban J connectivity index is 1.85. The average molecular weight is 422 g/mol. The SMILES string of the molecule is CC(C)C(Oc1cc(C(=O)Oc2ccccc2)ccc1C(F)(F)F)OC1CCCC1. The Kier molecular flexibility index (Phi) is 7.02. The molecule has 0 radical (unpaired) electrons. The molecule has 0 aromatic heterocycles. The summed E-state index contributed by atoms with van der Waals surface area (Å²) in [7, 11) is 0. The van der Waals surface area contributed by atoms with E-state index in [-0.39, 0.29) is 17.6 Å². The third kappa shape index (κ3) is 5.75. The van der Waals surface area contributed by atoms with E-state index >= 15 is 0 Å². The molecular formula is C23H25F3O4. The van der Waals surface area contributed by atoms with Crippen molar-refractivity contribution in [2.24, 2.45) is 5.92 Å². The predicted molar refractivity (Wildman–Crippen MR) is 105 cm³/mol. The zero-order valence-electron chi connectivity index (χ0n) is 16.9. The van der Waals surface area contributed by atoms with Crippen LogP contribution in [0.3, 0.4) is 0 Å². The second-order valence-electron chi connectivity index (χ2n) is 7.68. The van der Waals surface area contributed by atoms with Gasteiger partial charge in [0.1, 0.15) is 11.5 Å². The first kappa shape index (κ1) is 22.2. The molecule has 0 spiro atoms. The summed E-state index contributed by atoms with van der Waals surface area (Å²) in [5.74, 6) is -1.08. The molecule has 1 aliphatic rings. The molecule has 0 amide bonds. The summed E-state index contributed by atoms with van der Waals surface area (Å²) in [4.78, 5) is 12.4. The van der Waals surface area contributed by atoms with Gasteiger partial charge in [0.15, 0.2) is 0 Å². The fourth-order valence-corrected chi connectivity index (χ4v) is 3.30. The largest absolute Gasteiger partial charge is 0.464 e. The fraction of sp³-hybridized carbons (Fsp3) is 0.435. The van der Waals surface area contributed by atoms with Crippen molar-refractivity contribution in [3.05, 3.63) is 59.7 Å². The number of para-hydroxylation sites is 1. The fourth-order valence-electron chi connectivity index (χ4n) is 3.30. The topological polar surface area (TPSA) is 44.8 Å². The number of esters is 1. The minimum absolute atomic E-state index is 0.0297.